The molecule has 1 aromatic rings. The normalized spacial score (nSPS) is 14.0. The third-order valence-electron chi connectivity index (χ3n) is 2.74. The minimum atomic E-state index is -3.54. The molecule has 0 radical (unpaired) electrons. The summed E-state index contributed by atoms with van der Waals surface area (Å²) in [5.41, 5.74) is 0. The van der Waals surface area contributed by atoms with Gasteiger partial charge in [-0.25, -0.2) is 8.42 Å². The van der Waals surface area contributed by atoms with Gasteiger partial charge in [0, 0.05) is 24.9 Å². The summed E-state index contributed by atoms with van der Waals surface area (Å²) < 4.78 is 32.0. The Morgan fingerprint density at radius 1 is 1.58 bits per heavy atom. The minimum absolute atomic E-state index is 0.0745. The highest BCUT2D eigenvalue weighted by atomic mass is 79.9. The molecule has 0 saturated heterocycles. The van der Waals surface area contributed by atoms with E-state index in [0.717, 1.165) is 5.75 Å². The zero-order valence-electron chi connectivity index (χ0n) is 11.4. The van der Waals surface area contributed by atoms with Crippen molar-refractivity contribution >= 4 is 37.7 Å². The van der Waals surface area contributed by atoms with Crippen molar-refractivity contribution in [2.45, 2.75) is 24.4 Å². The second-order valence-electron chi connectivity index (χ2n) is 4.21. The van der Waals surface area contributed by atoms with Crippen LogP contribution in [-0.4, -0.2) is 44.9 Å². The second-order valence-corrected chi connectivity index (χ2v) is 7.80. The van der Waals surface area contributed by atoms with Crippen LogP contribution < -0.4 is 5.32 Å². The van der Waals surface area contributed by atoms with Crippen LogP contribution in [0.2, 0.25) is 0 Å². The summed E-state index contributed by atoms with van der Waals surface area (Å²) in [6.07, 6.45) is 1.95. The fourth-order valence-corrected chi connectivity index (χ4v) is 4.69. The van der Waals surface area contributed by atoms with E-state index in [0.29, 0.717) is 12.3 Å². The number of halogens is 1. The average molecular weight is 371 g/mol. The number of hydrogen-bond acceptors (Lipinski definition) is 5. The van der Waals surface area contributed by atoms with Gasteiger partial charge in [-0.1, -0.05) is 0 Å². The Balaban J connectivity index is 3.05. The number of nitrogens with zero attached hydrogens (tertiary/aromatic N) is 1. The maximum absolute atomic E-state index is 12.5. The monoisotopic (exact) mass is 370 g/mol. The highest BCUT2D eigenvalue weighted by Crippen LogP contribution is 2.29. The Morgan fingerprint density at radius 3 is 2.74 bits per heavy atom. The van der Waals surface area contributed by atoms with Gasteiger partial charge >= 0.3 is 0 Å². The van der Waals surface area contributed by atoms with Crippen LogP contribution in [0.1, 0.15) is 12.7 Å². The molecule has 0 aliphatic carbocycles. The molecule has 0 amide bonds. The molecule has 0 aliphatic heterocycles. The number of rotatable bonds is 7. The van der Waals surface area contributed by atoms with Gasteiger partial charge in [-0.2, -0.15) is 16.1 Å². The highest BCUT2D eigenvalue weighted by Gasteiger charge is 2.29. The van der Waals surface area contributed by atoms with E-state index in [1.54, 1.807) is 31.9 Å². The van der Waals surface area contributed by atoms with E-state index in [2.05, 4.69) is 21.2 Å². The van der Waals surface area contributed by atoms with E-state index >= 15 is 0 Å². The van der Waals surface area contributed by atoms with Crippen LogP contribution in [0.5, 0.6) is 0 Å². The Morgan fingerprint density at radius 2 is 2.21 bits per heavy atom. The molecule has 1 unspecified atom stereocenters. The molecule has 0 saturated carbocycles. The molecule has 19 heavy (non-hydrogen) atoms. The Hall–Kier alpha value is -0.0200. The molecular weight excluding hydrogens is 352 g/mol. The standard InChI is InChI=1S/C11H19BrN2O3S2/c1-8(7-18-4)14(3)19(15,16)10-5-9(6-13-2)17-11(10)12/h5,8,13H,6-7H2,1-4H3. The van der Waals surface area contributed by atoms with Gasteiger partial charge in [0.15, 0.2) is 4.67 Å². The Bertz CT molecular complexity index is 516. The fourth-order valence-electron chi connectivity index (χ4n) is 1.57. The predicted molar refractivity (Wildman–Crippen MR) is 82.0 cm³/mol. The molecule has 8 heteroatoms. The zero-order chi connectivity index (χ0) is 14.6. The molecule has 0 bridgehead atoms. The quantitative estimate of drug-likeness (QED) is 0.796. The number of furan rings is 1. The fraction of sp³-hybridized carbons (Fsp3) is 0.636. The maximum atomic E-state index is 12.5. The van der Waals surface area contributed by atoms with Crippen LogP contribution in [0.15, 0.2) is 20.0 Å². The summed E-state index contributed by atoms with van der Waals surface area (Å²) >= 11 is 4.79. The Labute approximate surface area is 127 Å². The zero-order valence-corrected chi connectivity index (χ0v) is 14.7. The van der Waals surface area contributed by atoms with Crippen LogP contribution in [0.4, 0.5) is 0 Å². The summed E-state index contributed by atoms with van der Waals surface area (Å²) in [7, 11) is -0.171. The first-order valence-electron chi connectivity index (χ1n) is 5.74. The van der Waals surface area contributed by atoms with E-state index in [-0.39, 0.29) is 15.6 Å². The van der Waals surface area contributed by atoms with Crippen molar-refractivity contribution in [1.29, 1.82) is 0 Å². The molecule has 1 atom stereocenters. The summed E-state index contributed by atoms with van der Waals surface area (Å²) in [4.78, 5) is 0.174. The van der Waals surface area contributed by atoms with Gasteiger partial charge in [-0.15, -0.1) is 0 Å². The van der Waals surface area contributed by atoms with Crippen LogP contribution in [0.25, 0.3) is 0 Å². The van der Waals surface area contributed by atoms with E-state index in [1.165, 1.54) is 4.31 Å². The molecule has 1 aromatic heterocycles. The number of hydrogen-bond donors (Lipinski definition) is 1. The first-order chi connectivity index (χ1) is 8.84. The lowest BCUT2D eigenvalue weighted by molar-refractivity contribution is 0.412. The molecule has 0 aliphatic rings. The van der Waals surface area contributed by atoms with E-state index in [9.17, 15) is 8.42 Å². The van der Waals surface area contributed by atoms with Crippen molar-refractivity contribution in [3.05, 3.63) is 16.5 Å². The van der Waals surface area contributed by atoms with Gasteiger partial charge < -0.3 is 9.73 Å². The first kappa shape index (κ1) is 17.0. The van der Waals surface area contributed by atoms with Crippen LogP contribution in [-0.2, 0) is 16.6 Å². The lowest BCUT2D eigenvalue weighted by Gasteiger charge is -2.23. The first-order valence-corrected chi connectivity index (χ1v) is 9.37. The second kappa shape index (κ2) is 7.12. The topological polar surface area (TPSA) is 62.6 Å². The molecule has 1 rings (SSSR count). The van der Waals surface area contributed by atoms with Crippen molar-refractivity contribution in [1.82, 2.24) is 9.62 Å². The molecule has 5 nitrogen and oxygen atoms in total. The molecule has 1 heterocycles. The number of sulfonamides is 1. The molecular formula is C11H19BrN2O3S2. The van der Waals surface area contributed by atoms with Gasteiger partial charge in [0.1, 0.15) is 10.7 Å². The van der Waals surface area contributed by atoms with Crippen molar-refractivity contribution in [2.24, 2.45) is 0 Å². The Kier molecular flexibility index (Phi) is 6.38. The van der Waals surface area contributed by atoms with Crippen LogP contribution >= 0.6 is 27.7 Å². The van der Waals surface area contributed by atoms with Crippen LogP contribution in [0.3, 0.4) is 0 Å². The predicted octanol–water partition coefficient (Wildman–Crippen LogP) is 2.13. The molecule has 0 aromatic carbocycles. The smallest absolute Gasteiger partial charge is 0.247 e. The van der Waals surface area contributed by atoms with Gasteiger partial charge in [-0.05, 0) is 36.2 Å². The summed E-state index contributed by atoms with van der Waals surface area (Å²) in [5, 5.41) is 2.92. The largest absolute Gasteiger partial charge is 0.452 e. The van der Waals surface area contributed by atoms with E-state index in [1.807, 2.05) is 13.2 Å². The molecule has 0 spiro atoms. The molecule has 110 valence electrons. The number of nitrogens with one attached hydrogen (secondary N) is 1. The molecule has 1 N–H and O–H groups in total. The number of thioether (sulfide) groups is 1. The lowest BCUT2D eigenvalue weighted by Crippen LogP contribution is -2.36. The van der Waals surface area contributed by atoms with Crippen LogP contribution in [0, 0.1) is 0 Å². The minimum Gasteiger partial charge on any atom is -0.452 e. The van der Waals surface area contributed by atoms with Crippen molar-refractivity contribution in [3.8, 4) is 0 Å². The van der Waals surface area contributed by atoms with Gasteiger partial charge in [-0.3, -0.25) is 0 Å². The van der Waals surface area contributed by atoms with Gasteiger partial charge in [0.2, 0.25) is 10.0 Å². The van der Waals surface area contributed by atoms with Crippen molar-refractivity contribution in [2.75, 3.05) is 26.1 Å². The van der Waals surface area contributed by atoms with Gasteiger partial charge in [0.25, 0.3) is 0 Å². The molecule has 0 fully saturated rings. The van der Waals surface area contributed by atoms with Gasteiger partial charge in [0.05, 0.1) is 6.54 Å². The lowest BCUT2D eigenvalue weighted by atomic mass is 10.4. The summed E-state index contributed by atoms with van der Waals surface area (Å²) in [6.45, 7) is 2.37. The van der Waals surface area contributed by atoms with E-state index in [4.69, 9.17) is 4.42 Å². The SMILES string of the molecule is CNCc1cc(S(=O)(=O)N(C)C(C)CSC)c(Br)o1. The maximum Gasteiger partial charge on any atom is 0.247 e. The third-order valence-corrected chi connectivity index (χ3v) is 6.39. The third kappa shape index (κ3) is 3.98. The summed E-state index contributed by atoms with van der Waals surface area (Å²) in [5.74, 6) is 1.33. The van der Waals surface area contributed by atoms with E-state index < -0.39 is 10.0 Å². The highest BCUT2D eigenvalue weighted by molar-refractivity contribution is 9.10. The average Bonchev–Trinajstić information content (AvgIpc) is 2.70. The van der Waals surface area contributed by atoms with Crippen molar-refractivity contribution in [3.63, 3.8) is 0 Å². The van der Waals surface area contributed by atoms with Crippen molar-refractivity contribution < 1.29 is 12.8 Å². The summed E-state index contributed by atoms with van der Waals surface area (Å²) in [6, 6.07) is 1.48.